The average molecular weight is 344 g/mol. The highest BCUT2D eigenvalue weighted by molar-refractivity contribution is 6.36. The second-order valence-electron chi connectivity index (χ2n) is 5.49. The molecule has 1 amide bonds. The molecule has 0 radical (unpaired) electrons. The molecule has 1 heterocycles. The molecule has 0 aromatic heterocycles. The molecule has 0 spiro atoms. The third-order valence-electron chi connectivity index (χ3n) is 3.95. The number of carbonyl (C=O) groups is 1. The number of aliphatic imine (C=N–C) groups is 1. The molecule has 2 aromatic carbocycles. The Bertz CT molecular complexity index is 879. The highest BCUT2D eigenvalue weighted by Crippen LogP contribution is 2.32. The van der Waals surface area contributed by atoms with E-state index in [0.29, 0.717) is 27.5 Å². The largest absolute Gasteiger partial charge is 0.313 e. The lowest BCUT2D eigenvalue weighted by Gasteiger charge is -2.19. The van der Waals surface area contributed by atoms with E-state index in [1.165, 1.54) is 17.0 Å². The third-order valence-corrected chi connectivity index (χ3v) is 4.28. The van der Waals surface area contributed by atoms with Gasteiger partial charge in [-0.15, -0.1) is 0 Å². The summed E-state index contributed by atoms with van der Waals surface area (Å²) in [7, 11) is 1.63. The van der Waals surface area contributed by atoms with Gasteiger partial charge in [-0.05, 0) is 19.1 Å². The van der Waals surface area contributed by atoms with Gasteiger partial charge in [0.15, 0.2) is 0 Å². The smallest absolute Gasteiger partial charge is 0.270 e. The maximum absolute atomic E-state index is 12.4. The molecule has 0 saturated heterocycles. The van der Waals surface area contributed by atoms with E-state index < -0.39 is 11.0 Å². The zero-order valence-corrected chi connectivity index (χ0v) is 13.8. The maximum atomic E-state index is 12.4. The Hall–Kier alpha value is -2.73. The number of nitrogens with zero attached hydrogens (tertiary/aromatic N) is 3. The Morgan fingerprint density at radius 1 is 1.21 bits per heavy atom. The van der Waals surface area contributed by atoms with Gasteiger partial charge in [0, 0.05) is 35.3 Å². The van der Waals surface area contributed by atoms with Crippen molar-refractivity contribution in [3.05, 3.63) is 68.7 Å². The van der Waals surface area contributed by atoms with Crippen LogP contribution in [0.4, 0.5) is 11.4 Å². The van der Waals surface area contributed by atoms with Gasteiger partial charge in [0.2, 0.25) is 0 Å². The van der Waals surface area contributed by atoms with E-state index in [1.807, 2.05) is 6.07 Å². The summed E-state index contributed by atoms with van der Waals surface area (Å²) in [5, 5.41) is 11.6. The summed E-state index contributed by atoms with van der Waals surface area (Å²) >= 11 is 6.29. The van der Waals surface area contributed by atoms with Gasteiger partial charge >= 0.3 is 0 Å². The highest BCUT2D eigenvalue weighted by Gasteiger charge is 2.29. The fourth-order valence-corrected chi connectivity index (χ4v) is 2.93. The number of nitro benzene ring substituents is 1. The second-order valence-corrected chi connectivity index (χ2v) is 5.90. The number of anilines is 1. The van der Waals surface area contributed by atoms with Crippen molar-refractivity contribution in [2.24, 2.45) is 4.99 Å². The van der Waals surface area contributed by atoms with Crippen LogP contribution in [0.3, 0.4) is 0 Å². The minimum Gasteiger partial charge on any atom is -0.313 e. The standard InChI is InChI=1S/C17H14ClN3O3/c1-10-17(22)20(2)15-8-7-11(21(23)24)9-13(15)16(19-10)12-5-3-4-6-14(12)18/h3-10H,1-2H3. The van der Waals surface area contributed by atoms with Crippen LogP contribution in [0.15, 0.2) is 47.5 Å². The summed E-state index contributed by atoms with van der Waals surface area (Å²) < 4.78 is 0. The van der Waals surface area contributed by atoms with Crippen LogP contribution >= 0.6 is 11.6 Å². The average Bonchev–Trinajstić information content (AvgIpc) is 2.66. The second kappa shape index (κ2) is 6.05. The molecule has 1 aliphatic heterocycles. The number of carbonyl (C=O) groups excluding carboxylic acids is 1. The maximum Gasteiger partial charge on any atom is 0.270 e. The van der Waals surface area contributed by atoms with Crippen LogP contribution in [0.2, 0.25) is 5.02 Å². The molecular weight excluding hydrogens is 330 g/mol. The predicted molar refractivity (Wildman–Crippen MR) is 93.1 cm³/mol. The van der Waals surface area contributed by atoms with Crippen LogP contribution in [0, 0.1) is 10.1 Å². The van der Waals surface area contributed by atoms with Crippen molar-refractivity contribution in [1.29, 1.82) is 0 Å². The Labute approximate surface area is 143 Å². The number of non-ortho nitro benzene ring substituents is 1. The van der Waals surface area contributed by atoms with Crippen molar-refractivity contribution in [2.75, 3.05) is 11.9 Å². The number of amides is 1. The molecule has 24 heavy (non-hydrogen) atoms. The normalized spacial score (nSPS) is 17.1. The molecule has 0 fully saturated rings. The SMILES string of the molecule is CC1N=C(c2ccccc2Cl)c2cc([N+](=O)[O-])ccc2N(C)C1=O. The number of halogens is 1. The number of hydrogen-bond acceptors (Lipinski definition) is 4. The lowest BCUT2D eigenvalue weighted by Crippen LogP contribution is -2.32. The predicted octanol–water partition coefficient (Wildman–Crippen LogP) is 3.45. The van der Waals surface area contributed by atoms with E-state index in [2.05, 4.69) is 4.99 Å². The number of benzene rings is 2. The molecule has 122 valence electrons. The summed E-state index contributed by atoms with van der Waals surface area (Å²) in [4.78, 5) is 29.1. The Balaban J connectivity index is 2.32. The van der Waals surface area contributed by atoms with Crippen molar-refractivity contribution in [1.82, 2.24) is 0 Å². The number of benzodiazepines with no additional fused rings is 1. The lowest BCUT2D eigenvalue weighted by molar-refractivity contribution is -0.384. The van der Waals surface area contributed by atoms with E-state index in [4.69, 9.17) is 11.6 Å². The van der Waals surface area contributed by atoms with Gasteiger partial charge in [0.25, 0.3) is 11.6 Å². The minimum absolute atomic E-state index is 0.0658. The summed E-state index contributed by atoms with van der Waals surface area (Å²) in [6.07, 6.45) is 0. The van der Waals surface area contributed by atoms with Gasteiger partial charge in [0.1, 0.15) is 6.04 Å². The first-order valence-corrected chi connectivity index (χ1v) is 7.67. The summed E-state index contributed by atoms with van der Waals surface area (Å²) in [5.74, 6) is -0.188. The monoisotopic (exact) mass is 343 g/mol. The lowest BCUT2D eigenvalue weighted by atomic mass is 9.99. The molecule has 6 nitrogen and oxygen atoms in total. The molecule has 2 aromatic rings. The summed E-state index contributed by atoms with van der Waals surface area (Å²) in [5.41, 5.74) is 2.12. The molecule has 1 unspecified atom stereocenters. The number of nitro groups is 1. The molecule has 0 saturated carbocycles. The molecular formula is C17H14ClN3O3. The van der Waals surface area contributed by atoms with Crippen LogP contribution in [0.25, 0.3) is 0 Å². The first kappa shape index (κ1) is 16.1. The van der Waals surface area contributed by atoms with Gasteiger partial charge < -0.3 is 4.90 Å². The Morgan fingerprint density at radius 2 is 1.92 bits per heavy atom. The number of fused-ring (bicyclic) bond motifs is 1. The van der Waals surface area contributed by atoms with Crippen LogP contribution in [-0.4, -0.2) is 29.6 Å². The first-order valence-electron chi connectivity index (χ1n) is 7.29. The van der Waals surface area contributed by atoms with E-state index in [0.717, 1.165) is 0 Å². The van der Waals surface area contributed by atoms with Crippen molar-refractivity contribution >= 4 is 34.6 Å². The van der Waals surface area contributed by atoms with Gasteiger partial charge in [0.05, 0.1) is 16.3 Å². The third kappa shape index (κ3) is 2.65. The van der Waals surface area contributed by atoms with Gasteiger partial charge in [-0.3, -0.25) is 19.9 Å². The molecule has 0 bridgehead atoms. The van der Waals surface area contributed by atoms with Crippen LogP contribution in [0.5, 0.6) is 0 Å². The van der Waals surface area contributed by atoms with E-state index >= 15 is 0 Å². The fraction of sp³-hybridized carbons (Fsp3) is 0.176. The van der Waals surface area contributed by atoms with Crippen molar-refractivity contribution in [3.8, 4) is 0 Å². The Morgan fingerprint density at radius 3 is 2.58 bits per heavy atom. The van der Waals surface area contributed by atoms with Gasteiger partial charge in [-0.25, -0.2) is 0 Å². The highest BCUT2D eigenvalue weighted by atomic mass is 35.5. The van der Waals surface area contributed by atoms with E-state index in [1.54, 1.807) is 38.2 Å². The topological polar surface area (TPSA) is 75.8 Å². The molecule has 1 atom stereocenters. The minimum atomic E-state index is -0.618. The number of likely N-dealkylation sites (N-methyl/N-ethyl adjacent to an activating group) is 1. The molecule has 7 heteroatoms. The zero-order valence-electron chi connectivity index (χ0n) is 13.1. The van der Waals surface area contributed by atoms with Crippen molar-refractivity contribution in [3.63, 3.8) is 0 Å². The fourth-order valence-electron chi connectivity index (χ4n) is 2.71. The van der Waals surface area contributed by atoms with Crippen LogP contribution in [0.1, 0.15) is 18.1 Å². The first-order chi connectivity index (χ1) is 11.4. The van der Waals surface area contributed by atoms with Crippen molar-refractivity contribution in [2.45, 2.75) is 13.0 Å². The molecule has 0 N–H and O–H groups in total. The quantitative estimate of drug-likeness (QED) is 0.619. The van der Waals surface area contributed by atoms with Gasteiger partial charge in [-0.1, -0.05) is 29.8 Å². The summed E-state index contributed by atoms with van der Waals surface area (Å²) in [6, 6.07) is 10.9. The van der Waals surface area contributed by atoms with Crippen molar-refractivity contribution < 1.29 is 9.72 Å². The molecule has 3 rings (SSSR count). The zero-order chi connectivity index (χ0) is 17.4. The summed E-state index contributed by atoms with van der Waals surface area (Å²) in [6.45, 7) is 1.69. The van der Waals surface area contributed by atoms with E-state index in [9.17, 15) is 14.9 Å². The van der Waals surface area contributed by atoms with Crippen LogP contribution < -0.4 is 4.90 Å². The number of rotatable bonds is 2. The van der Waals surface area contributed by atoms with E-state index in [-0.39, 0.29) is 11.6 Å². The molecule has 1 aliphatic rings. The van der Waals surface area contributed by atoms with Crippen LogP contribution in [-0.2, 0) is 4.79 Å². The Kier molecular flexibility index (Phi) is 4.07. The number of hydrogen-bond donors (Lipinski definition) is 0. The molecule has 0 aliphatic carbocycles. The van der Waals surface area contributed by atoms with Gasteiger partial charge in [-0.2, -0.15) is 0 Å².